The van der Waals surface area contributed by atoms with Crippen LogP contribution < -0.4 is 14.9 Å². The van der Waals surface area contributed by atoms with Crippen LogP contribution in [0.4, 0.5) is 5.69 Å². The van der Waals surface area contributed by atoms with Crippen molar-refractivity contribution < 1.29 is 14.5 Å². The summed E-state index contributed by atoms with van der Waals surface area (Å²) in [5.41, 5.74) is 2.20. The lowest BCUT2D eigenvalue weighted by atomic mass is 9.95. The Hall–Kier alpha value is -3.56. The largest absolute Gasteiger partial charge is 0.466 e. The van der Waals surface area contributed by atoms with Crippen LogP contribution >= 0.6 is 22.9 Å². The maximum atomic E-state index is 13.5. The van der Waals surface area contributed by atoms with Gasteiger partial charge in [0.1, 0.15) is 5.02 Å². The summed E-state index contributed by atoms with van der Waals surface area (Å²) in [4.78, 5) is 42.0. The Balaban J connectivity index is 1.97. The Morgan fingerprint density at radius 2 is 2.00 bits per heavy atom. The number of methoxy groups -OCH3 is 1. The molecular weight excluding hydrogens is 478 g/mol. The number of esters is 1. The Morgan fingerprint density at radius 1 is 1.29 bits per heavy atom. The molecule has 1 aliphatic rings. The van der Waals surface area contributed by atoms with Gasteiger partial charge in [-0.1, -0.05) is 60.2 Å². The van der Waals surface area contributed by atoms with Gasteiger partial charge < -0.3 is 4.74 Å². The van der Waals surface area contributed by atoms with Crippen LogP contribution in [0.5, 0.6) is 0 Å². The highest BCUT2D eigenvalue weighted by Gasteiger charge is 2.34. The SMILES string of the molecule is CCc1ccc(C=c2sc3n(c2=O)C(c2ccc(Cl)c([N+](=O)[O-])c2)C(C(=O)OC)=C(C)N=3)cc1. The summed E-state index contributed by atoms with van der Waals surface area (Å²) in [6.07, 6.45) is 2.67. The predicted molar refractivity (Wildman–Crippen MR) is 130 cm³/mol. The number of fused-ring (bicyclic) bond motifs is 1. The first-order valence-electron chi connectivity index (χ1n) is 10.4. The number of aryl methyl sites for hydroxylation is 1. The van der Waals surface area contributed by atoms with E-state index in [1.54, 1.807) is 19.1 Å². The summed E-state index contributed by atoms with van der Waals surface area (Å²) >= 11 is 7.18. The lowest BCUT2D eigenvalue weighted by Gasteiger charge is -2.24. The molecule has 2 heterocycles. The number of rotatable bonds is 5. The molecule has 174 valence electrons. The molecule has 0 spiro atoms. The summed E-state index contributed by atoms with van der Waals surface area (Å²) in [6, 6.07) is 11.1. The first-order chi connectivity index (χ1) is 16.2. The van der Waals surface area contributed by atoms with E-state index in [9.17, 15) is 19.7 Å². The van der Waals surface area contributed by atoms with Crippen LogP contribution in [0.1, 0.15) is 36.6 Å². The van der Waals surface area contributed by atoms with Gasteiger partial charge in [-0.25, -0.2) is 9.79 Å². The molecule has 2 aromatic carbocycles. The molecule has 1 unspecified atom stereocenters. The normalized spacial score (nSPS) is 15.6. The van der Waals surface area contributed by atoms with Crippen molar-refractivity contribution in [3.63, 3.8) is 0 Å². The van der Waals surface area contributed by atoms with Crippen molar-refractivity contribution in [1.82, 2.24) is 4.57 Å². The smallest absolute Gasteiger partial charge is 0.338 e. The van der Waals surface area contributed by atoms with Gasteiger partial charge in [0.2, 0.25) is 0 Å². The Labute approximate surface area is 203 Å². The number of allylic oxidation sites excluding steroid dienone is 1. The number of hydrogen-bond donors (Lipinski definition) is 0. The van der Waals surface area contributed by atoms with E-state index in [-0.39, 0.29) is 21.8 Å². The molecule has 0 aliphatic carbocycles. The Morgan fingerprint density at radius 3 is 2.62 bits per heavy atom. The highest BCUT2D eigenvalue weighted by Crippen LogP contribution is 2.34. The highest BCUT2D eigenvalue weighted by atomic mass is 35.5. The van der Waals surface area contributed by atoms with Crippen LogP contribution in [-0.2, 0) is 16.0 Å². The molecule has 34 heavy (non-hydrogen) atoms. The van der Waals surface area contributed by atoms with E-state index in [1.165, 1.54) is 40.7 Å². The maximum absolute atomic E-state index is 13.5. The zero-order valence-electron chi connectivity index (χ0n) is 18.6. The average Bonchev–Trinajstić information content (AvgIpc) is 3.12. The number of aromatic nitrogens is 1. The molecule has 3 aromatic rings. The number of benzene rings is 2. The third-order valence-corrected chi connectivity index (χ3v) is 6.90. The van der Waals surface area contributed by atoms with Gasteiger partial charge in [-0.3, -0.25) is 19.5 Å². The number of ether oxygens (including phenoxy) is 1. The van der Waals surface area contributed by atoms with Crippen LogP contribution in [-0.4, -0.2) is 22.6 Å². The number of hydrogen-bond acceptors (Lipinski definition) is 7. The lowest BCUT2D eigenvalue weighted by molar-refractivity contribution is -0.384. The molecule has 0 fully saturated rings. The Kier molecular flexibility index (Phi) is 6.49. The van der Waals surface area contributed by atoms with E-state index in [1.807, 2.05) is 24.3 Å². The predicted octanol–water partition coefficient (Wildman–Crippen LogP) is 3.53. The summed E-state index contributed by atoms with van der Waals surface area (Å²) in [5.74, 6) is -0.673. The van der Waals surface area contributed by atoms with Gasteiger partial charge in [-0.2, -0.15) is 0 Å². The van der Waals surface area contributed by atoms with Gasteiger partial charge in [0, 0.05) is 6.07 Å². The fourth-order valence-corrected chi connectivity index (χ4v) is 5.08. The van der Waals surface area contributed by atoms with Crippen molar-refractivity contribution in [2.24, 2.45) is 4.99 Å². The van der Waals surface area contributed by atoms with Crippen LogP contribution in [0.2, 0.25) is 5.02 Å². The number of halogens is 1. The van der Waals surface area contributed by atoms with Gasteiger partial charge in [0.15, 0.2) is 4.80 Å². The molecule has 1 aromatic heterocycles. The van der Waals surface area contributed by atoms with E-state index in [0.29, 0.717) is 20.6 Å². The van der Waals surface area contributed by atoms with Crippen molar-refractivity contribution in [2.75, 3.05) is 7.11 Å². The zero-order chi connectivity index (χ0) is 24.6. The standard InChI is InChI=1S/C24H20ClN3O5S/c1-4-14-5-7-15(8-6-14)11-19-22(29)27-21(16-9-10-17(25)18(12-16)28(31)32)20(23(30)33-3)13(2)26-24(27)34-19/h5-12,21H,4H2,1-3H3. The number of carbonyl (C=O) groups is 1. The Bertz CT molecular complexity index is 1520. The number of nitrogens with zero attached hydrogens (tertiary/aromatic N) is 3. The van der Waals surface area contributed by atoms with E-state index in [2.05, 4.69) is 11.9 Å². The van der Waals surface area contributed by atoms with E-state index >= 15 is 0 Å². The number of nitro benzene ring substituents is 1. The highest BCUT2D eigenvalue weighted by molar-refractivity contribution is 7.07. The molecule has 8 nitrogen and oxygen atoms in total. The van der Waals surface area contributed by atoms with E-state index in [0.717, 1.165) is 12.0 Å². The number of thiazole rings is 1. The van der Waals surface area contributed by atoms with Crippen molar-refractivity contribution in [3.8, 4) is 0 Å². The van der Waals surface area contributed by atoms with Crippen LogP contribution in [0, 0.1) is 10.1 Å². The summed E-state index contributed by atoms with van der Waals surface area (Å²) in [6.45, 7) is 3.71. The fourth-order valence-electron chi connectivity index (χ4n) is 3.85. The van der Waals surface area contributed by atoms with Gasteiger partial charge in [-0.05, 0) is 42.2 Å². The first kappa shape index (κ1) is 23.6. The summed E-state index contributed by atoms with van der Waals surface area (Å²) < 4.78 is 6.76. The second-order valence-electron chi connectivity index (χ2n) is 7.64. The van der Waals surface area contributed by atoms with Gasteiger partial charge in [0.05, 0.1) is 33.9 Å². The third-order valence-electron chi connectivity index (χ3n) is 5.60. The van der Waals surface area contributed by atoms with Crippen molar-refractivity contribution in [3.05, 3.63) is 105 Å². The number of carbonyl (C=O) groups excluding carboxylic acids is 1. The van der Waals surface area contributed by atoms with Gasteiger partial charge >= 0.3 is 5.97 Å². The van der Waals surface area contributed by atoms with Crippen LogP contribution in [0.3, 0.4) is 0 Å². The fraction of sp³-hybridized carbons (Fsp3) is 0.208. The van der Waals surface area contributed by atoms with Gasteiger partial charge in [-0.15, -0.1) is 0 Å². The van der Waals surface area contributed by atoms with Crippen LogP contribution in [0.15, 0.2) is 63.5 Å². The van der Waals surface area contributed by atoms with E-state index in [4.69, 9.17) is 16.3 Å². The molecule has 0 bridgehead atoms. The first-order valence-corrected chi connectivity index (χ1v) is 11.6. The van der Waals surface area contributed by atoms with Crippen molar-refractivity contribution >= 4 is 40.7 Å². The molecular formula is C24H20ClN3O5S. The lowest BCUT2D eigenvalue weighted by Crippen LogP contribution is -2.39. The summed E-state index contributed by atoms with van der Waals surface area (Å²) in [5, 5.41) is 11.4. The van der Waals surface area contributed by atoms with Crippen molar-refractivity contribution in [1.29, 1.82) is 0 Å². The number of nitro groups is 1. The van der Waals surface area contributed by atoms with Crippen LogP contribution in [0.25, 0.3) is 6.08 Å². The average molecular weight is 498 g/mol. The molecule has 0 radical (unpaired) electrons. The molecule has 1 aliphatic heterocycles. The zero-order valence-corrected chi connectivity index (χ0v) is 20.1. The molecule has 0 amide bonds. The second kappa shape index (κ2) is 9.36. The van der Waals surface area contributed by atoms with Gasteiger partial charge in [0.25, 0.3) is 11.2 Å². The monoisotopic (exact) mass is 497 g/mol. The molecule has 1 atom stereocenters. The molecule has 10 heteroatoms. The third kappa shape index (κ3) is 4.20. The quantitative estimate of drug-likeness (QED) is 0.305. The molecule has 0 saturated heterocycles. The molecule has 4 rings (SSSR count). The maximum Gasteiger partial charge on any atom is 0.338 e. The summed E-state index contributed by atoms with van der Waals surface area (Å²) in [7, 11) is 1.23. The molecule has 0 saturated carbocycles. The topological polar surface area (TPSA) is 104 Å². The molecule has 0 N–H and O–H groups in total. The minimum atomic E-state index is -0.954. The minimum absolute atomic E-state index is 0.0444. The minimum Gasteiger partial charge on any atom is -0.466 e. The van der Waals surface area contributed by atoms with E-state index < -0.39 is 16.9 Å². The van der Waals surface area contributed by atoms with Crippen molar-refractivity contribution in [2.45, 2.75) is 26.3 Å². The second-order valence-corrected chi connectivity index (χ2v) is 9.05.